The van der Waals surface area contributed by atoms with Crippen molar-refractivity contribution in [3.63, 3.8) is 0 Å². The highest BCUT2D eigenvalue weighted by atomic mass is 19.2. The van der Waals surface area contributed by atoms with Gasteiger partial charge in [0.05, 0.1) is 13.0 Å². The van der Waals surface area contributed by atoms with Gasteiger partial charge in [-0.05, 0) is 68.4 Å². The Morgan fingerprint density at radius 1 is 0.900 bits per heavy atom. The lowest BCUT2D eigenvalue weighted by atomic mass is 9.68. The standard InChI is InChI=1S/C25H36F2O3/c1-3-4-5-6-17-7-9-18(10-8-17)19-11-13-20(14-12-19)25(28)30-22-16-15-21(29-2)23(26)24(22)27/h15-20H,3-14H2,1-2H3/t17-,18-,19-,20-. The first kappa shape index (κ1) is 23.0. The molecule has 0 spiro atoms. The van der Waals surface area contributed by atoms with Crippen LogP contribution in [-0.4, -0.2) is 13.1 Å². The fourth-order valence-electron chi connectivity index (χ4n) is 5.40. The van der Waals surface area contributed by atoms with Crippen LogP contribution in [0, 0.1) is 35.3 Å². The summed E-state index contributed by atoms with van der Waals surface area (Å²) in [5.41, 5.74) is 0. The summed E-state index contributed by atoms with van der Waals surface area (Å²) in [6.45, 7) is 2.26. The number of hydrogen-bond donors (Lipinski definition) is 0. The van der Waals surface area contributed by atoms with Crippen molar-refractivity contribution in [2.24, 2.45) is 23.7 Å². The highest BCUT2D eigenvalue weighted by Gasteiger charge is 2.34. The van der Waals surface area contributed by atoms with Crippen molar-refractivity contribution >= 4 is 5.97 Å². The zero-order valence-corrected chi connectivity index (χ0v) is 18.4. The van der Waals surface area contributed by atoms with Crippen LogP contribution < -0.4 is 9.47 Å². The van der Waals surface area contributed by atoms with Crippen LogP contribution in [0.25, 0.3) is 0 Å². The van der Waals surface area contributed by atoms with Crippen LogP contribution in [0.2, 0.25) is 0 Å². The molecular weight excluding hydrogens is 386 g/mol. The summed E-state index contributed by atoms with van der Waals surface area (Å²) in [6.07, 6.45) is 14.4. The van der Waals surface area contributed by atoms with E-state index in [1.165, 1.54) is 70.6 Å². The Kier molecular flexibility index (Phi) is 8.52. The number of benzene rings is 1. The molecule has 0 N–H and O–H groups in total. The maximum Gasteiger partial charge on any atom is 0.314 e. The molecule has 0 heterocycles. The Labute approximate surface area is 179 Å². The summed E-state index contributed by atoms with van der Waals surface area (Å²) in [5.74, 6) is -1.14. The van der Waals surface area contributed by atoms with E-state index in [1.54, 1.807) is 0 Å². The minimum atomic E-state index is -1.17. The molecule has 3 nitrogen and oxygen atoms in total. The highest BCUT2D eigenvalue weighted by molar-refractivity contribution is 5.75. The van der Waals surface area contributed by atoms with Gasteiger partial charge in [0, 0.05) is 0 Å². The van der Waals surface area contributed by atoms with Crippen molar-refractivity contribution in [1.29, 1.82) is 0 Å². The number of rotatable bonds is 8. The third-order valence-corrected chi connectivity index (χ3v) is 7.32. The lowest BCUT2D eigenvalue weighted by Crippen LogP contribution is -2.30. The molecule has 5 heteroatoms. The zero-order valence-electron chi connectivity index (χ0n) is 18.4. The van der Waals surface area contributed by atoms with Crippen LogP contribution >= 0.6 is 0 Å². The number of hydrogen-bond acceptors (Lipinski definition) is 3. The smallest absolute Gasteiger partial charge is 0.314 e. The largest absolute Gasteiger partial charge is 0.494 e. The average Bonchev–Trinajstić information content (AvgIpc) is 2.78. The second kappa shape index (κ2) is 11.1. The lowest BCUT2D eigenvalue weighted by Gasteiger charge is -2.37. The molecule has 3 rings (SSSR count). The van der Waals surface area contributed by atoms with Crippen LogP contribution in [0.4, 0.5) is 8.78 Å². The summed E-state index contributed by atoms with van der Waals surface area (Å²) in [5, 5.41) is 0. The predicted octanol–water partition coefficient (Wildman–Crippen LogP) is 7.07. The van der Waals surface area contributed by atoms with Gasteiger partial charge in [0.25, 0.3) is 0 Å². The third-order valence-electron chi connectivity index (χ3n) is 7.32. The van der Waals surface area contributed by atoms with Crippen molar-refractivity contribution < 1.29 is 23.0 Å². The summed E-state index contributed by atoms with van der Waals surface area (Å²) >= 11 is 0. The van der Waals surface area contributed by atoms with Gasteiger partial charge in [-0.1, -0.05) is 45.4 Å². The van der Waals surface area contributed by atoms with Gasteiger partial charge >= 0.3 is 5.97 Å². The topological polar surface area (TPSA) is 35.5 Å². The van der Waals surface area contributed by atoms with Crippen molar-refractivity contribution in [1.82, 2.24) is 0 Å². The number of esters is 1. The van der Waals surface area contributed by atoms with Crippen LogP contribution in [0.1, 0.15) is 84.0 Å². The fraction of sp³-hybridized carbons (Fsp3) is 0.720. The number of carbonyl (C=O) groups is 1. The molecule has 0 bridgehead atoms. The van der Waals surface area contributed by atoms with E-state index in [0.29, 0.717) is 5.92 Å². The lowest BCUT2D eigenvalue weighted by molar-refractivity contribution is -0.140. The van der Waals surface area contributed by atoms with Gasteiger partial charge in [-0.2, -0.15) is 8.78 Å². The van der Waals surface area contributed by atoms with Gasteiger partial charge in [0.2, 0.25) is 11.6 Å². The second-order valence-electron chi connectivity index (χ2n) is 9.20. The van der Waals surface area contributed by atoms with Gasteiger partial charge in [0.1, 0.15) is 0 Å². The molecule has 0 saturated heterocycles. The summed E-state index contributed by atoms with van der Waals surface area (Å²) < 4.78 is 37.9. The molecule has 0 amide bonds. The molecular formula is C25H36F2O3. The van der Waals surface area contributed by atoms with Crippen LogP contribution in [-0.2, 0) is 4.79 Å². The number of halogens is 2. The molecule has 2 aliphatic rings. The Balaban J connectivity index is 1.43. The summed E-state index contributed by atoms with van der Waals surface area (Å²) in [7, 11) is 1.26. The fourth-order valence-corrected chi connectivity index (χ4v) is 5.40. The molecule has 0 radical (unpaired) electrons. The van der Waals surface area contributed by atoms with Gasteiger partial charge in [-0.25, -0.2) is 0 Å². The Bertz CT molecular complexity index is 690. The summed E-state index contributed by atoms with van der Waals surface area (Å²) in [6, 6.07) is 2.52. The monoisotopic (exact) mass is 422 g/mol. The van der Waals surface area contributed by atoms with E-state index < -0.39 is 17.6 Å². The van der Waals surface area contributed by atoms with Crippen LogP contribution in [0.3, 0.4) is 0 Å². The average molecular weight is 423 g/mol. The molecule has 1 aromatic rings. The van der Waals surface area contributed by atoms with Crippen molar-refractivity contribution in [2.45, 2.75) is 84.0 Å². The molecule has 1 aromatic carbocycles. The van der Waals surface area contributed by atoms with Crippen molar-refractivity contribution in [2.75, 3.05) is 7.11 Å². The van der Waals surface area contributed by atoms with E-state index in [-0.39, 0.29) is 17.4 Å². The first-order valence-corrected chi connectivity index (χ1v) is 11.8. The van der Waals surface area contributed by atoms with E-state index in [9.17, 15) is 13.6 Å². The normalized spacial score (nSPS) is 26.9. The number of methoxy groups -OCH3 is 1. The highest BCUT2D eigenvalue weighted by Crippen LogP contribution is 2.42. The SMILES string of the molecule is CCCCC[C@H]1CC[C@H]([C@H]2CC[C@H](C(=O)Oc3ccc(OC)c(F)c3F)CC2)CC1. The molecule has 2 aliphatic carbocycles. The molecule has 30 heavy (non-hydrogen) atoms. The van der Waals surface area contributed by atoms with E-state index in [1.807, 2.05) is 0 Å². The summed E-state index contributed by atoms with van der Waals surface area (Å²) in [4.78, 5) is 12.5. The Hall–Kier alpha value is -1.65. The molecule has 168 valence electrons. The zero-order chi connectivity index (χ0) is 21.5. The van der Waals surface area contributed by atoms with E-state index in [0.717, 1.165) is 37.5 Å². The number of ether oxygens (including phenoxy) is 2. The van der Waals surface area contributed by atoms with Gasteiger partial charge in [-0.15, -0.1) is 0 Å². The molecule has 0 atom stereocenters. The third kappa shape index (κ3) is 5.73. The Morgan fingerprint density at radius 3 is 2.07 bits per heavy atom. The minimum Gasteiger partial charge on any atom is -0.494 e. The van der Waals surface area contributed by atoms with E-state index in [4.69, 9.17) is 9.47 Å². The quantitative estimate of drug-likeness (QED) is 0.255. The Morgan fingerprint density at radius 2 is 1.47 bits per heavy atom. The maximum atomic E-state index is 14.1. The number of unbranched alkanes of at least 4 members (excludes halogenated alkanes) is 2. The van der Waals surface area contributed by atoms with Gasteiger partial charge in [0.15, 0.2) is 11.5 Å². The molecule has 0 unspecified atom stereocenters. The van der Waals surface area contributed by atoms with Gasteiger partial charge in [-0.3, -0.25) is 4.79 Å². The second-order valence-corrected chi connectivity index (χ2v) is 9.20. The van der Waals surface area contributed by atoms with Crippen LogP contribution in [0.15, 0.2) is 12.1 Å². The van der Waals surface area contributed by atoms with E-state index >= 15 is 0 Å². The number of carbonyl (C=O) groups excluding carboxylic acids is 1. The molecule has 0 aromatic heterocycles. The first-order valence-electron chi connectivity index (χ1n) is 11.8. The van der Waals surface area contributed by atoms with Crippen LogP contribution in [0.5, 0.6) is 11.5 Å². The van der Waals surface area contributed by atoms with E-state index in [2.05, 4.69) is 6.92 Å². The molecule has 0 aliphatic heterocycles. The van der Waals surface area contributed by atoms with Gasteiger partial charge < -0.3 is 9.47 Å². The maximum absolute atomic E-state index is 14.1. The first-order chi connectivity index (χ1) is 14.5. The molecule has 2 saturated carbocycles. The predicted molar refractivity (Wildman–Crippen MR) is 114 cm³/mol. The minimum absolute atomic E-state index is 0.201. The molecule has 2 fully saturated rings. The van der Waals surface area contributed by atoms with Crippen molar-refractivity contribution in [3.05, 3.63) is 23.8 Å². The van der Waals surface area contributed by atoms with Crippen molar-refractivity contribution in [3.8, 4) is 11.5 Å².